The number of benzene rings is 1. The minimum absolute atomic E-state index is 0.822. The zero-order valence-electron chi connectivity index (χ0n) is 7.92. The molecule has 1 rings (SSSR count). The molecule has 0 bridgehead atoms. The Morgan fingerprint density at radius 1 is 1.38 bits per heavy atom. The third-order valence-corrected chi connectivity index (χ3v) is 2.47. The largest absolute Gasteiger partial charge is 0.494 e. The van der Waals surface area contributed by atoms with E-state index in [1.165, 1.54) is 12.0 Å². The van der Waals surface area contributed by atoms with Crippen LogP contribution in [0.15, 0.2) is 24.3 Å². The summed E-state index contributed by atoms with van der Waals surface area (Å²) >= 11 is 3.42. The molecule has 1 nitrogen and oxygen atoms in total. The molecule has 0 unspecified atom stereocenters. The average Bonchev–Trinajstić information content (AvgIpc) is 2.19. The van der Waals surface area contributed by atoms with Gasteiger partial charge in [0.25, 0.3) is 0 Å². The van der Waals surface area contributed by atoms with Crippen LogP contribution in [-0.4, -0.2) is 6.61 Å². The molecule has 0 fully saturated rings. The molecule has 0 aromatic heterocycles. The summed E-state index contributed by atoms with van der Waals surface area (Å²) in [4.78, 5) is 0. The van der Waals surface area contributed by atoms with Crippen molar-refractivity contribution in [1.82, 2.24) is 0 Å². The second-order valence-corrected chi connectivity index (χ2v) is 3.54. The van der Waals surface area contributed by atoms with Gasteiger partial charge in [-0.1, -0.05) is 41.4 Å². The summed E-state index contributed by atoms with van der Waals surface area (Å²) in [5.41, 5.74) is 1.26. The zero-order chi connectivity index (χ0) is 9.52. The predicted octanol–water partition coefficient (Wildman–Crippen LogP) is 3.76. The molecule has 0 saturated heterocycles. The number of alkyl halides is 1. The number of ether oxygens (including phenoxy) is 1. The summed E-state index contributed by atoms with van der Waals surface area (Å²) in [6.07, 6.45) is 2.30. The Kier molecular flexibility index (Phi) is 4.91. The molecule has 0 atom stereocenters. The molecule has 0 aliphatic rings. The molecule has 2 heteroatoms. The summed E-state index contributed by atoms with van der Waals surface area (Å²) in [6.45, 7) is 2.99. The van der Waals surface area contributed by atoms with Crippen molar-refractivity contribution < 1.29 is 4.74 Å². The monoisotopic (exact) mass is 242 g/mol. The number of hydrogen-bond donors (Lipinski definition) is 0. The van der Waals surface area contributed by atoms with Crippen molar-refractivity contribution in [2.24, 2.45) is 0 Å². The molecular formula is C11H15BrO. The van der Waals surface area contributed by atoms with E-state index in [-0.39, 0.29) is 0 Å². The number of unbranched alkanes of at least 4 members (excludes halogenated alkanes) is 1. The summed E-state index contributed by atoms with van der Waals surface area (Å²) in [7, 11) is 0. The molecule has 1 aromatic rings. The van der Waals surface area contributed by atoms with Gasteiger partial charge < -0.3 is 4.74 Å². The Balaban J connectivity index is 2.46. The molecule has 0 heterocycles. The lowest BCUT2D eigenvalue weighted by atomic mass is 10.2. The highest BCUT2D eigenvalue weighted by atomic mass is 79.9. The van der Waals surface area contributed by atoms with Gasteiger partial charge in [-0.15, -0.1) is 0 Å². The van der Waals surface area contributed by atoms with Crippen molar-refractivity contribution in [3.05, 3.63) is 29.8 Å². The average molecular weight is 243 g/mol. The van der Waals surface area contributed by atoms with Crippen LogP contribution < -0.4 is 4.74 Å². The van der Waals surface area contributed by atoms with Crippen LogP contribution in [-0.2, 0) is 5.33 Å². The first-order valence-corrected chi connectivity index (χ1v) is 5.76. The van der Waals surface area contributed by atoms with Gasteiger partial charge in [0.2, 0.25) is 0 Å². The van der Waals surface area contributed by atoms with E-state index in [9.17, 15) is 0 Å². The zero-order valence-corrected chi connectivity index (χ0v) is 9.51. The van der Waals surface area contributed by atoms with E-state index in [1.807, 2.05) is 12.1 Å². The Bertz CT molecular complexity index is 248. The Labute approximate surface area is 88.2 Å². The molecule has 0 aliphatic heterocycles. The number of rotatable bonds is 5. The Morgan fingerprint density at radius 2 is 2.23 bits per heavy atom. The fourth-order valence-corrected chi connectivity index (χ4v) is 1.40. The van der Waals surface area contributed by atoms with Crippen molar-refractivity contribution in [3.63, 3.8) is 0 Å². The lowest BCUT2D eigenvalue weighted by Gasteiger charge is -2.05. The van der Waals surface area contributed by atoms with Crippen molar-refractivity contribution in [3.8, 4) is 5.75 Å². The van der Waals surface area contributed by atoms with E-state index in [4.69, 9.17) is 4.74 Å². The van der Waals surface area contributed by atoms with Crippen molar-refractivity contribution >= 4 is 15.9 Å². The first-order chi connectivity index (χ1) is 6.36. The maximum absolute atomic E-state index is 5.57. The maximum Gasteiger partial charge on any atom is 0.119 e. The van der Waals surface area contributed by atoms with Gasteiger partial charge in [0.15, 0.2) is 0 Å². The van der Waals surface area contributed by atoms with E-state index in [0.29, 0.717) is 0 Å². The second kappa shape index (κ2) is 6.03. The van der Waals surface area contributed by atoms with Gasteiger partial charge in [-0.05, 0) is 24.1 Å². The van der Waals surface area contributed by atoms with Gasteiger partial charge in [0.05, 0.1) is 6.61 Å². The van der Waals surface area contributed by atoms with E-state index in [0.717, 1.165) is 24.1 Å². The van der Waals surface area contributed by atoms with Gasteiger partial charge in [-0.2, -0.15) is 0 Å². The van der Waals surface area contributed by atoms with E-state index < -0.39 is 0 Å². The fraction of sp³-hybridized carbons (Fsp3) is 0.455. The summed E-state index contributed by atoms with van der Waals surface area (Å²) < 4.78 is 5.57. The summed E-state index contributed by atoms with van der Waals surface area (Å²) in [6, 6.07) is 8.19. The van der Waals surface area contributed by atoms with Crippen LogP contribution in [0.4, 0.5) is 0 Å². The highest BCUT2D eigenvalue weighted by Gasteiger charge is 1.94. The molecule has 0 aliphatic carbocycles. The van der Waals surface area contributed by atoms with E-state index in [1.54, 1.807) is 0 Å². The normalized spacial score (nSPS) is 10.0. The van der Waals surface area contributed by atoms with Crippen LogP contribution in [0.1, 0.15) is 25.3 Å². The van der Waals surface area contributed by atoms with Crippen molar-refractivity contribution in [2.45, 2.75) is 25.1 Å². The molecule has 13 heavy (non-hydrogen) atoms. The molecule has 72 valence electrons. The van der Waals surface area contributed by atoms with Gasteiger partial charge in [-0.25, -0.2) is 0 Å². The Morgan fingerprint density at radius 3 is 2.92 bits per heavy atom. The van der Waals surface area contributed by atoms with E-state index in [2.05, 4.69) is 35.0 Å². The third-order valence-electron chi connectivity index (χ3n) is 1.82. The quantitative estimate of drug-likeness (QED) is 0.565. The van der Waals surface area contributed by atoms with Crippen molar-refractivity contribution in [2.75, 3.05) is 6.61 Å². The van der Waals surface area contributed by atoms with Gasteiger partial charge >= 0.3 is 0 Å². The molecule has 0 saturated carbocycles. The summed E-state index contributed by atoms with van der Waals surface area (Å²) in [5.74, 6) is 0.977. The topological polar surface area (TPSA) is 9.23 Å². The van der Waals surface area contributed by atoms with Gasteiger partial charge in [-0.3, -0.25) is 0 Å². The molecule has 0 radical (unpaired) electrons. The molecule has 1 aromatic carbocycles. The Hall–Kier alpha value is -0.500. The SMILES string of the molecule is CCCCOc1cccc(CBr)c1. The van der Waals surface area contributed by atoms with Crippen LogP contribution in [0.2, 0.25) is 0 Å². The van der Waals surface area contributed by atoms with Crippen LogP contribution in [0, 0.1) is 0 Å². The predicted molar refractivity (Wildman–Crippen MR) is 59.5 cm³/mol. The second-order valence-electron chi connectivity index (χ2n) is 2.98. The highest BCUT2D eigenvalue weighted by Crippen LogP contribution is 2.15. The lowest BCUT2D eigenvalue weighted by Crippen LogP contribution is -1.96. The van der Waals surface area contributed by atoms with Gasteiger partial charge in [0.1, 0.15) is 5.75 Å². The maximum atomic E-state index is 5.57. The smallest absolute Gasteiger partial charge is 0.119 e. The summed E-state index contributed by atoms with van der Waals surface area (Å²) in [5, 5.41) is 0.887. The van der Waals surface area contributed by atoms with Crippen molar-refractivity contribution in [1.29, 1.82) is 0 Å². The van der Waals surface area contributed by atoms with Crippen LogP contribution in [0.3, 0.4) is 0 Å². The first-order valence-electron chi connectivity index (χ1n) is 4.64. The standard InChI is InChI=1S/C11H15BrO/c1-2-3-7-13-11-6-4-5-10(8-11)9-12/h4-6,8H,2-3,7,9H2,1H3. The third kappa shape index (κ3) is 3.81. The molecule has 0 N–H and O–H groups in total. The lowest BCUT2D eigenvalue weighted by molar-refractivity contribution is 0.309. The number of halogens is 1. The fourth-order valence-electron chi connectivity index (χ4n) is 1.05. The van der Waals surface area contributed by atoms with E-state index >= 15 is 0 Å². The van der Waals surface area contributed by atoms with Gasteiger partial charge in [0, 0.05) is 5.33 Å². The highest BCUT2D eigenvalue weighted by molar-refractivity contribution is 9.08. The minimum atomic E-state index is 0.822. The van der Waals surface area contributed by atoms with Crippen LogP contribution in [0.25, 0.3) is 0 Å². The number of hydrogen-bond acceptors (Lipinski definition) is 1. The van der Waals surface area contributed by atoms with Crippen LogP contribution >= 0.6 is 15.9 Å². The first kappa shape index (κ1) is 10.6. The minimum Gasteiger partial charge on any atom is -0.494 e. The van der Waals surface area contributed by atoms with Crippen LogP contribution in [0.5, 0.6) is 5.75 Å². The molecule has 0 amide bonds. The molecular weight excluding hydrogens is 228 g/mol. The molecule has 0 spiro atoms.